The van der Waals surface area contributed by atoms with Crippen molar-refractivity contribution in [1.82, 2.24) is 0 Å². The molecule has 42 heavy (non-hydrogen) atoms. The van der Waals surface area contributed by atoms with Crippen molar-refractivity contribution in [3.8, 4) is 17.2 Å². The number of benzene rings is 3. The second kappa shape index (κ2) is 11.3. The van der Waals surface area contributed by atoms with Crippen molar-refractivity contribution in [2.24, 2.45) is 0 Å². The highest BCUT2D eigenvalue weighted by atomic mass is 19.4. The minimum atomic E-state index is -4.73. The third-order valence-corrected chi connectivity index (χ3v) is 7.53. The van der Waals surface area contributed by atoms with Crippen LogP contribution in [-0.4, -0.2) is 38.1 Å². The summed E-state index contributed by atoms with van der Waals surface area (Å²) in [6.07, 6.45) is -3.90. The van der Waals surface area contributed by atoms with Gasteiger partial charge in [0, 0.05) is 34.7 Å². The van der Waals surface area contributed by atoms with Crippen LogP contribution in [0.5, 0.6) is 17.2 Å². The minimum absolute atomic E-state index is 0.0264. The van der Waals surface area contributed by atoms with Gasteiger partial charge in [0.25, 0.3) is 0 Å². The van der Waals surface area contributed by atoms with Crippen molar-refractivity contribution in [2.45, 2.75) is 31.4 Å². The number of hydrogen-bond donors (Lipinski definition) is 2. The Bertz CT molecular complexity index is 1590. The van der Waals surface area contributed by atoms with Crippen molar-refractivity contribution in [3.05, 3.63) is 100 Å². The third-order valence-electron chi connectivity index (χ3n) is 7.53. The number of nitrogens with zero attached hydrogens (tertiary/aromatic N) is 1. The number of allylic oxidation sites excluding steroid dienone is 2. The van der Waals surface area contributed by atoms with Gasteiger partial charge >= 0.3 is 6.18 Å². The average Bonchev–Trinajstić information content (AvgIpc) is 2.99. The summed E-state index contributed by atoms with van der Waals surface area (Å²) in [7, 11) is 4.33. The maximum atomic E-state index is 14.3. The topological polar surface area (TPSA) is 92.1 Å². The van der Waals surface area contributed by atoms with Crippen LogP contribution in [0.15, 0.2) is 83.6 Å². The predicted molar refractivity (Wildman–Crippen MR) is 152 cm³/mol. The second-order valence-electron chi connectivity index (χ2n) is 9.86. The van der Waals surface area contributed by atoms with Gasteiger partial charge in [-0.1, -0.05) is 42.5 Å². The molecule has 10 heteroatoms. The van der Waals surface area contributed by atoms with Crippen LogP contribution >= 0.6 is 0 Å². The summed E-state index contributed by atoms with van der Waals surface area (Å²) in [4.78, 5) is 14.9. The summed E-state index contributed by atoms with van der Waals surface area (Å²) in [6, 6.07) is 16.6. The average molecular weight is 579 g/mol. The van der Waals surface area contributed by atoms with Crippen LogP contribution in [0.1, 0.15) is 41.9 Å². The molecule has 7 nitrogen and oxygen atoms in total. The molecule has 3 aromatic carbocycles. The lowest BCUT2D eigenvalue weighted by molar-refractivity contribution is -0.137. The third kappa shape index (κ3) is 4.87. The number of rotatable bonds is 6. The minimum Gasteiger partial charge on any atom is -0.507 e. The van der Waals surface area contributed by atoms with Gasteiger partial charge in [-0.05, 0) is 42.7 Å². The summed E-state index contributed by atoms with van der Waals surface area (Å²) in [5.74, 6) is -1.13. The number of methoxy groups -OCH3 is 3. The fraction of sp³-hybridized carbons (Fsp3) is 0.250. The highest BCUT2D eigenvalue weighted by Crippen LogP contribution is 2.52. The molecule has 0 saturated heterocycles. The molecule has 3 aromatic rings. The van der Waals surface area contributed by atoms with E-state index in [0.717, 1.165) is 11.0 Å². The van der Waals surface area contributed by atoms with E-state index in [4.69, 9.17) is 14.2 Å². The van der Waals surface area contributed by atoms with Gasteiger partial charge in [0.15, 0.2) is 17.3 Å². The van der Waals surface area contributed by atoms with E-state index >= 15 is 0 Å². The van der Waals surface area contributed by atoms with Gasteiger partial charge in [0.2, 0.25) is 5.75 Å². The Morgan fingerprint density at radius 3 is 2.14 bits per heavy atom. The molecule has 0 fully saturated rings. The normalized spacial score (nSPS) is 18.5. The van der Waals surface area contributed by atoms with Crippen LogP contribution < -0.4 is 19.1 Å². The van der Waals surface area contributed by atoms with Crippen molar-refractivity contribution in [2.75, 3.05) is 26.2 Å². The lowest BCUT2D eigenvalue weighted by atomic mass is 9.73. The van der Waals surface area contributed by atoms with E-state index in [9.17, 15) is 28.5 Å². The monoisotopic (exact) mass is 578 g/mol. The summed E-state index contributed by atoms with van der Waals surface area (Å²) in [6.45, 7) is 0. The number of ketones is 1. The van der Waals surface area contributed by atoms with Crippen molar-refractivity contribution in [3.63, 3.8) is 0 Å². The number of carbonyl (C=O) groups is 1. The quantitative estimate of drug-likeness (QED) is 0.299. The highest BCUT2D eigenvalue weighted by molar-refractivity contribution is 6.20. The van der Waals surface area contributed by atoms with E-state index in [1.165, 1.54) is 39.5 Å². The largest absolute Gasteiger partial charge is 0.507 e. The molecular formula is C32H29F3N2O5. The number of ether oxygens (including phenoxy) is 3. The van der Waals surface area contributed by atoms with Crippen molar-refractivity contribution >= 4 is 23.1 Å². The van der Waals surface area contributed by atoms with Gasteiger partial charge in [0.05, 0.1) is 32.6 Å². The molecule has 0 aromatic heterocycles. The number of amidine groups is 1. The fourth-order valence-corrected chi connectivity index (χ4v) is 5.72. The SMILES string of the molecule is COc1cc([C@@H]2C3=C(CCCC3=O)N(c3ccccc3C(F)(F)F)C(=N)/C2=C(/O)c2ccccc2)cc(OC)c1OC. The first kappa shape index (κ1) is 28.8. The lowest BCUT2D eigenvalue weighted by Gasteiger charge is -2.42. The van der Waals surface area contributed by atoms with Crippen LogP contribution in [0.25, 0.3) is 5.76 Å². The van der Waals surface area contributed by atoms with E-state index in [-0.39, 0.29) is 64.2 Å². The number of Topliss-reactive ketones (excluding diaryl/α,β-unsaturated/α-hetero) is 1. The molecule has 2 aliphatic rings. The zero-order valence-electron chi connectivity index (χ0n) is 23.2. The fourth-order valence-electron chi connectivity index (χ4n) is 5.72. The zero-order valence-corrected chi connectivity index (χ0v) is 23.2. The molecule has 2 N–H and O–H groups in total. The first-order valence-corrected chi connectivity index (χ1v) is 13.2. The number of carbonyl (C=O) groups excluding carboxylic acids is 1. The highest BCUT2D eigenvalue weighted by Gasteiger charge is 2.46. The molecular weight excluding hydrogens is 549 g/mol. The maximum Gasteiger partial charge on any atom is 0.418 e. The van der Waals surface area contributed by atoms with Crippen molar-refractivity contribution in [1.29, 1.82) is 5.41 Å². The molecule has 0 unspecified atom stereocenters. The molecule has 1 aliphatic carbocycles. The van der Waals surface area contributed by atoms with Crippen LogP contribution in [0.2, 0.25) is 0 Å². The van der Waals surface area contributed by atoms with Gasteiger partial charge in [-0.2, -0.15) is 13.2 Å². The van der Waals surface area contributed by atoms with E-state index in [0.29, 0.717) is 23.3 Å². The van der Waals surface area contributed by atoms with Crippen LogP contribution in [0.4, 0.5) is 18.9 Å². The Hall–Kier alpha value is -4.73. The first-order chi connectivity index (χ1) is 20.1. The summed E-state index contributed by atoms with van der Waals surface area (Å²) in [5, 5.41) is 21.1. The molecule has 0 spiro atoms. The molecule has 1 atom stereocenters. The van der Waals surface area contributed by atoms with Crippen LogP contribution in [-0.2, 0) is 11.0 Å². The van der Waals surface area contributed by atoms with Crippen LogP contribution in [0.3, 0.4) is 0 Å². The smallest absolute Gasteiger partial charge is 0.418 e. The number of nitrogens with one attached hydrogen (secondary N) is 1. The van der Waals surface area contributed by atoms with Gasteiger partial charge in [0.1, 0.15) is 11.6 Å². The molecule has 5 rings (SSSR count). The Balaban J connectivity index is 1.89. The molecule has 0 radical (unpaired) electrons. The number of anilines is 1. The van der Waals surface area contributed by atoms with Gasteiger partial charge in [-0.3, -0.25) is 15.1 Å². The number of halogens is 3. The summed E-state index contributed by atoms with van der Waals surface area (Å²) in [5.41, 5.74) is 0.00588. The molecule has 1 aliphatic heterocycles. The van der Waals surface area contributed by atoms with Gasteiger partial charge in [-0.25, -0.2) is 0 Å². The zero-order chi connectivity index (χ0) is 30.2. The standard InChI is InChI=1S/C32H29F3N2O5/c1-40-24-16-19(17-25(41-2)30(24)42-3)26-27-22(14-9-15-23(27)38)37(21-13-8-7-12-20(21)32(33,34)35)31(36)28(26)29(39)18-10-5-4-6-11-18/h4-8,10-13,16-17,26,36,39H,9,14-15H2,1-3H3/b29-28+,36-31?/t26-/m1/s1. The molecule has 1 heterocycles. The van der Waals surface area contributed by atoms with E-state index in [1.807, 2.05) is 0 Å². The number of aliphatic hydroxyl groups is 1. The molecule has 0 amide bonds. The number of alkyl halides is 3. The van der Waals surface area contributed by atoms with Crippen molar-refractivity contribution < 1.29 is 37.3 Å². The summed E-state index contributed by atoms with van der Waals surface area (Å²) < 4.78 is 59.3. The van der Waals surface area contributed by atoms with Gasteiger partial charge < -0.3 is 19.3 Å². The van der Waals surface area contributed by atoms with E-state index < -0.39 is 17.7 Å². The first-order valence-electron chi connectivity index (χ1n) is 13.2. The Morgan fingerprint density at radius 2 is 1.55 bits per heavy atom. The Labute approximate surface area is 241 Å². The lowest BCUT2D eigenvalue weighted by Crippen LogP contribution is -2.43. The number of para-hydroxylation sites is 1. The Kier molecular flexibility index (Phi) is 7.73. The van der Waals surface area contributed by atoms with E-state index in [2.05, 4.69) is 0 Å². The number of hydrogen-bond acceptors (Lipinski definition) is 6. The predicted octanol–water partition coefficient (Wildman–Crippen LogP) is 7.29. The summed E-state index contributed by atoms with van der Waals surface area (Å²) >= 11 is 0. The van der Waals surface area contributed by atoms with E-state index in [1.54, 1.807) is 42.5 Å². The molecule has 0 bridgehead atoms. The molecule has 0 saturated carbocycles. The Morgan fingerprint density at radius 1 is 0.929 bits per heavy atom. The number of aliphatic hydroxyl groups excluding tert-OH is 1. The molecule has 218 valence electrons. The van der Waals surface area contributed by atoms with Crippen LogP contribution in [0, 0.1) is 5.41 Å². The maximum absolute atomic E-state index is 14.3. The second-order valence-corrected chi connectivity index (χ2v) is 9.86. The van der Waals surface area contributed by atoms with Gasteiger partial charge in [-0.15, -0.1) is 0 Å².